The lowest BCUT2D eigenvalue weighted by atomic mass is 10.3. The van der Waals surface area contributed by atoms with Gasteiger partial charge in [0.1, 0.15) is 5.75 Å². The van der Waals surface area contributed by atoms with Crippen LogP contribution in [0.15, 0.2) is 61.0 Å². The Labute approximate surface area is 236 Å². The van der Waals surface area contributed by atoms with Crippen LogP contribution in [0.5, 0.6) is 5.75 Å². The van der Waals surface area contributed by atoms with E-state index < -0.39 is 47.8 Å². The van der Waals surface area contributed by atoms with E-state index in [2.05, 4.69) is 72.1 Å². The number of carbonyl (C=O) groups excluding carboxylic acids is 1. The molecule has 0 atom stereocenters. The van der Waals surface area contributed by atoms with Gasteiger partial charge in [-0.05, 0) is 70.8 Å². The van der Waals surface area contributed by atoms with Crippen molar-refractivity contribution in [3.8, 4) is 5.75 Å². The van der Waals surface area contributed by atoms with Crippen LogP contribution in [-0.2, 0) is 21.9 Å². The molecule has 214 valence electrons. The van der Waals surface area contributed by atoms with Crippen LogP contribution in [0.3, 0.4) is 0 Å². The summed E-state index contributed by atoms with van der Waals surface area (Å²) in [6.07, 6.45) is 0.576. The van der Waals surface area contributed by atoms with E-state index in [0.29, 0.717) is 23.8 Å². The lowest BCUT2D eigenvalue weighted by Gasteiger charge is -2.44. The van der Waals surface area contributed by atoms with E-state index in [1.54, 1.807) is 19.1 Å². The van der Waals surface area contributed by atoms with Crippen molar-refractivity contribution in [2.45, 2.75) is 83.9 Å². The van der Waals surface area contributed by atoms with Crippen molar-refractivity contribution in [2.24, 2.45) is 0 Å². The van der Waals surface area contributed by atoms with Crippen LogP contribution in [-0.4, -0.2) is 59.5 Å². The van der Waals surface area contributed by atoms with E-state index in [1.807, 2.05) is 23.5 Å². The van der Waals surface area contributed by atoms with Gasteiger partial charge in [0, 0.05) is 11.6 Å². The van der Waals surface area contributed by atoms with Crippen LogP contribution in [0.2, 0.25) is 70.5 Å². The van der Waals surface area contributed by atoms with Crippen molar-refractivity contribution < 1.29 is 27.0 Å². The minimum absolute atomic E-state index is 0.255. The molecular weight excluding hydrogens is 561 g/mol. The molecule has 1 aromatic rings. The molecule has 0 aliphatic carbocycles. The molecule has 0 spiro atoms. The van der Waals surface area contributed by atoms with Crippen molar-refractivity contribution in [1.29, 1.82) is 0 Å². The number of carbonyl (C=O) groups is 1. The molecule has 1 N–H and O–H groups in total. The van der Waals surface area contributed by atoms with Gasteiger partial charge in [0.2, 0.25) is 16.6 Å². The van der Waals surface area contributed by atoms with Gasteiger partial charge >= 0.3 is 14.8 Å². The van der Waals surface area contributed by atoms with E-state index in [9.17, 15) is 9.90 Å². The Morgan fingerprint density at radius 3 is 1.79 bits per heavy atom. The van der Waals surface area contributed by atoms with Crippen molar-refractivity contribution in [2.75, 3.05) is 6.61 Å². The molecule has 0 saturated heterocycles. The number of phenols is 1. The molecule has 0 bridgehead atoms. The highest BCUT2D eigenvalue weighted by atomic mass is 28.5. The van der Waals surface area contributed by atoms with E-state index >= 15 is 0 Å². The second kappa shape index (κ2) is 13.8. The second-order valence-corrected chi connectivity index (χ2v) is 32.7. The van der Waals surface area contributed by atoms with Gasteiger partial charge in [-0.3, -0.25) is 0 Å². The fourth-order valence-corrected chi connectivity index (χ4v) is 24.4. The lowest BCUT2D eigenvalue weighted by Crippen LogP contribution is -2.61. The first-order valence-electron chi connectivity index (χ1n) is 13.3. The highest BCUT2D eigenvalue weighted by Gasteiger charge is 2.51. The zero-order chi connectivity index (χ0) is 29.4. The normalized spacial score (nSPS) is 13.2. The molecule has 11 heteroatoms. The zero-order valence-corrected chi connectivity index (χ0v) is 30.1. The highest BCUT2D eigenvalue weighted by molar-refractivity contribution is 6.94. The van der Waals surface area contributed by atoms with Gasteiger partial charge in [-0.15, -0.1) is 13.2 Å². The monoisotopic (exact) mass is 610 g/mol. The average Bonchev–Trinajstić information content (AvgIpc) is 2.80. The molecule has 0 fully saturated rings. The Morgan fingerprint density at radius 2 is 1.34 bits per heavy atom. The highest BCUT2D eigenvalue weighted by Crippen LogP contribution is 2.33. The van der Waals surface area contributed by atoms with Gasteiger partial charge in [0.05, 0.1) is 14.7 Å². The van der Waals surface area contributed by atoms with E-state index in [1.165, 1.54) is 5.19 Å². The van der Waals surface area contributed by atoms with Crippen LogP contribution in [0, 0.1) is 0 Å². The predicted octanol–water partition coefficient (Wildman–Crippen LogP) is 6.87. The fourth-order valence-electron chi connectivity index (χ4n) is 3.82. The number of ether oxygens (including phenoxy) is 1. The average molecular weight is 611 g/mol. The molecule has 1 aromatic carbocycles. The number of hydrogen-bond donors (Lipinski definition) is 1. The summed E-state index contributed by atoms with van der Waals surface area (Å²) < 4.78 is 26.3. The van der Waals surface area contributed by atoms with Gasteiger partial charge in [0.15, 0.2) is 8.32 Å². The maximum absolute atomic E-state index is 11.9. The first-order valence-corrected chi connectivity index (χ1v) is 27.5. The maximum Gasteiger partial charge on any atom is 0.470 e. The van der Waals surface area contributed by atoms with Gasteiger partial charge in [-0.2, -0.15) is 0 Å². The summed E-state index contributed by atoms with van der Waals surface area (Å²) in [5.74, 6) is -0.101. The molecule has 0 aliphatic rings. The standard InChI is InChI=1S/C27H50O6Si5/c1-13-35(7,8)31-38(32-36(9,10)14-2,21-15-20-30-27(29)24(3)4)33-37(11,12)23-22-34(5,6)26-18-16-25(28)17-19-26/h13-14,16-19,28H,1-3,15,20-23H2,4-12H3. The minimum Gasteiger partial charge on any atom is -0.508 e. The van der Waals surface area contributed by atoms with E-state index in [-0.39, 0.29) is 6.61 Å². The lowest BCUT2D eigenvalue weighted by molar-refractivity contribution is -0.139. The summed E-state index contributed by atoms with van der Waals surface area (Å²) in [5.41, 5.74) is 4.22. The van der Waals surface area contributed by atoms with Gasteiger partial charge in [0.25, 0.3) is 0 Å². The molecule has 38 heavy (non-hydrogen) atoms. The molecule has 0 radical (unpaired) electrons. The summed E-state index contributed by atoms with van der Waals surface area (Å²) in [6.45, 7) is 31.3. The Bertz CT molecular complexity index is 951. The van der Waals surface area contributed by atoms with Gasteiger partial charge < -0.3 is 22.2 Å². The number of esters is 1. The van der Waals surface area contributed by atoms with Crippen LogP contribution < -0.4 is 5.19 Å². The van der Waals surface area contributed by atoms with Crippen LogP contribution in [0.1, 0.15) is 13.3 Å². The molecule has 0 aromatic heterocycles. The number of hydrogen-bond acceptors (Lipinski definition) is 6. The SMILES string of the molecule is C=C[Si](C)(C)O[Si](CCCOC(=O)C(=C)C)(O[Si](C)(C)C=C)O[Si](C)(C)CC[Si](C)(C)c1ccc(O)cc1. The maximum atomic E-state index is 11.9. The number of benzene rings is 1. The third-order valence-electron chi connectivity index (χ3n) is 6.46. The molecule has 0 unspecified atom stereocenters. The number of aromatic hydroxyl groups is 1. The van der Waals surface area contributed by atoms with Gasteiger partial charge in [-0.1, -0.05) is 54.4 Å². The van der Waals surface area contributed by atoms with Crippen molar-refractivity contribution in [1.82, 2.24) is 0 Å². The zero-order valence-electron chi connectivity index (χ0n) is 25.1. The fraction of sp³-hybridized carbons (Fsp3) is 0.519. The largest absolute Gasteiger partial charge is 0.508 e. The summed E-state index contributed by atoms with van der Waals surface area (Å²) in [4.78, 5) is 11.9. The Balaban J connectivity index is 3.26. The van der Waals surface area contributed by atoms with Crippen molar-refractivity contribution in [3.05, 3.63) is 61.0 Å². The van der Waals surface area contributed by atoms with Crippen LogP contribution >= 0.6 is 0 Å². The molecule has 0 amide bonds. The first kappa shape index (κ1) is 34.7. The molecule has 0 saturated carbocycles. The molecule has 0 aliphatic heterocycles. The van der Waals surface area contributed by atoms with Crippen molar-refractivity contribution >= 4 is 53.0 Å². The Hall–Kier alpha value is -1.33. The molecule has 0 heterocycles. The molecule has 1 rings (SSSR count). The molecular formula is C27H50O6Si5. The Kier molecular flexibility index (Phi) is 12.6. The second-order valence-electron chi connectivity index (χ2n) is 12.3. The minimum atomic E-state index is -3.21. The topological polar surface area (TPSA) is 74.2 Å². The molecule has 6 nitrogen and oxygen atoms in total. The van der Waals surface area contributed by atoms with E-state index in [0.717, 1.165) is 12.1 Å². The van der Waals surface area contributed by atoms with Crippen LogP contribution in [0.4, 0.5) is 0 Å². The summed E-state index contributed by atoms with van der Waals surface area (Å²) in [7, 11) is -11.8. The smallest absolute Gasteiger partial charge is 0.470 e. The Morgan fingerprint density at radius 1 is 0.842 bits per heavy atom. The van der Waals surface area contributed by atoms with Crippen LogP contribution in [0.25, 0.3) is 0 Å². The van der Waals surface area contributed by atoms with E-state index in [4.69, 9.17) is 17.1 Å². The predicted molar refractivity (Wildman–Crippen MR) is 172 cm³/mol. The first-order chi connectivity index (χ1) is 17.3. The third-order valence-corrected chi connectivity index (χ3v) is 24.9. The number of rotatable bonds is 17. The summed E-state index contributed by atoms with van der Waals surface area (Å²) in [6, 6.07) is 10.2. The third kappa shape index (κ3) is 11.8. The quantitative estimate of drug-likeness (QED) is 0.0898. The number of phenolic OH excluding ortho intramolecular Hbond substituents is 1. The van der Waals surface area contributed by atoms with Gasteiger partial charge in [-0.25, -0.2) is 4.79 Å². The summed E-state index contributed by atoms with van der Waals surface area (Å²) in [5, 5.41) is 11.0. The van der Waals surface area contributed by atoms with Crippen molar-refractivity contribution in [3.63, 3.8) is 0 Å². The summed E-state index contributed by atoms with van der Waals surface area (Å²) >= 11 is 0.